The van der Waals surface area contributed by atoms with E-state index in [2.05, 4.69) is 35.8 Å². The first-order valence-electron chi connectivity index (χ1n) is 6.71. The fourth-order valence-corrected chi connectivity index (χ4v) is 2.08. The molecule has 3 heteroatoms. The maximum absolute atomic E-state index is 4.20. The van der Waals surface area contributed by atoms with Crippen LogP contribution in [0.3, 0.4) is 0 Å². The highest BCUT2D eigenvalue weighted by atomic mass is 15.4. The van der Waals surface area contributed by atoms with Gasteiger partial charge in [0, 0.05) is 12.5 Å². The average Bonchev–Trinajstić information content (AvgIpc) is 2.76. The fourth-order valence-electron chi connectivity index (χ4n) is 2.08. The molecule has 1 rings (SSSR count). The SMILES string of the molecule is CCCCC(CC)c1cnnn1CCCC. The third-order valence-corrected chi connectivity index (χ3v) is 3.19. The Morgan fingerprint density at radius 1 is 1.19 bits per heavy atom. The van der Waals surface area contributed by atoms with Crippen LogP contribution in [-0.2, 0) is 6.54 Å². The number of aromatic nitrogens is 3. The molecule has 0 saturated carbocycles. The maximum Gasteiger partial charge on any atom is 0.0728 e. The number of hydrogen-bond acceptors (Lipinski definition) is 2. The molecule has 0 radical (unpaired) electrons. The van der Waals surface area contributed by atoms with E-state index in [0.717, 1.165) is 6.54 Å². The lowest BCUT2D eigenvalue weighted by molar-refractivity contribution is 0.479. The van der Waals surface area contributed by atoms with Gasteiger partial charge in [0.2, 0.25) is 0 Å². The van der Waals surface area contributed by atoms with Gasteiger partial charge in [-0.15, -0.1) is 5.10 Å². The standard InChI is InChI=1S/C13H25N3/c1-4-7-9-12(6-3)13-11-14-15-16(13)10-8-5-2/h11-12H,4-10H2,1-3H3. The van der Waals surface area contributed by atoms with Crippen LogP contribution in [0.25, 0.3) is 0 Å². The Balaban J connectivity index is 2.63. The summed E-state index contributed by atoms with van der Waals surface area (Å²) in [6, 6.07) is 0. The lowest BCUT2D eigenvalue weighted by Gasteiger charge is -2.15. The van der Waals surface area contributed by atoms with Crippen molar-refractivity contribution in [2.24, 2.45) is 0 Å². The van der Waals surface area contributed by atoms with Crippen LogP contribution in [-0.4, -0.2) is 15.0 Å². The highest BCUT2D eigenvalue weighted by molar-refractivity contribution is 5.02. The minimum Gasteiger partial charge on any atom is -0.249 e. The second kappa shape index (κ2) is 7.42. The Kier molecular flexibility index (Phi) is 6.12. The molecule has 1 aromatic rings. The summed E-state index contributed by atoms with van der Waals surface area (Å²) in [6.07, 6.45) is 9.40. The van der Waals surface area contributed by atoms with Gasteiger partial charge in [-0.2, -0.15) is 0 Å². The first-order valence-corrected chi connectivity index (χ1v) is 6.71. The fraction of sp³-hybridized carbons (Fsp3) is 0.846. The van der Waals surface area contributed by atoms with Gasteiger partial charge in [0.1, 0.15) is 0 Å². The lowest BCUT2D eigenvalue weighted by atomic mass is 9.96. The molecule has 0 aliphatic carbocycles. The van der Waals surface area contributed by atoms with E-state index in [1.54, 1.807) is 0 Å². The molecule has 0 bridgehead atoms. The number of unbranched alkanes of at least 4 members (excludes halogenated alkanes) is 2. The number of nitrogens with zero attached hydrogens (tertiary/aromatic N) is 3. The topological polar surface area (TPSA) is 30.7 Å². The zero-order valence-electron chi connectivity index (χ0n) is 10.9. The maximum atomic E-state index is 4.20. The molecule has 1 unspecified atom stereocenters. The Morgan fingerprint density at radius 3 is 2.56 bits per heavy atom. The molecule has 0 amide bonds. The van der Waals surface area contributed by atoms with Gasteiger partial charge in [0.25, 0.3) is 0 Å². The van der Waals surface area contributed by atoms with Crippen LogP contribution >= 0.6 is 0 Å². The van der Waals surface area contributed by atoms with Crippen LogP contribution in [0.15, 0.2) is 6.20 Å². The summed E-state index contributed by atoms with van der Waals surface area (Å²) in [6.45, 7) is 7.75. The minimum atomic E-state index is 0.645. The van der Waals surface area contributed by atoms with Crippen LogP contribution in [0.5, 0.6) is 0 Å². The van der Waals surface area contributed by atoms with Crippen LogP contribution in [0.4, 0.5) is 0 Å². The minimum absolute atomic E-state index is 0.645. The van der Waals surface area contributed by atoms with Gasteiger partial charge >= 0.3 is 0 Å². The largest absolute Gasteiger partial charge is 0.249 e. The van der Waals surface area contributed by atoms with Crippen molar-refractivity contribution < 1.29 is 0 Å². The summed E-state index contributed by atoms with van der Waals surface area (Å²) in [4.78, 5) is 0. The Hall–Kier alpha value is -0.860. The second-order valence-electron chi connectivity index (χ2n) is 4.48. The van der Waals surface area contributed by atoms with Crippen molar-refractivity contribution in [3.8, 4) is 0 Å². The molecule has 0 fully saturated rings. The highest BCUT2D eigenvalue weighted by Gasteiger charge is 2.14. The quantitative estimate of drug-likeness (QED) is 0.671. The smallest absolute Gasteiger partial charge is 0.0728 e. The van der Waals surface area contributed by atoms with Crippen molar-refractivity contribution in [1.82, 2.24) is 15.0 Å². The second-order valence-corrected chi connectivity index (χ2v) is 4.48. The zero-order valence-corrected chi connectivity index (χ0v) is 10.9. The summed E-state index contributed by atoms with van der Waals surface area (Å²) >= 11 is 0. The molecule has 92 valence electrons. The molecule has 1 aromatic heterocycles. The average molecular weight is 223 g/mol. The van der Waals surface area contributed by atoms with E-state index in [-0.39, 0.29) is 0 Å². The molecular formula is C13H25N3. The monoisotopic (exact) mass is 223 g/mol. The summed E-state index contributed by atoms with van der Waals surface area (Å²) in [5.74, 6) is 0.645. The molecule has 0 spiro atoms. The van der Waals surface area contributed by atoms with Gasteiger partial charge in [-0.3, -0.25) is 0 Å². The normalized spacial score (nSPS) is 12.9. The molecule has 1 atom stereocenters. The first kappa shape index (κ1) is 13.2. The van der Waals surface area contributed by atoms with Crippen LogP contribution in [0.1, 0.15) is 70.9 Å². The molecular weight excluding hydrogens is 198 g/mol. The Bertz CT molecular complexity index is 280. The van der Waals surface area contributed by atoms with Crippen molar-refractivity contribution >= 4 is 0 Å². The van der Waals surface area contributed by atoms with E-state index in [4.69, 9.17) is 0 Å². The van der Waals surface area contributed by atoms with Crippen LogP contribution in [0.2, 0.25) is 0 Å². The zero-order chi connectivity index (χ0) is 11.8. The van der Waals surface area contributed by atoms with E-state index in [0.29, 0.717) is 5.92 Å². The Labute approximate surface area is 99.2 Å². The van der Waals surface area contributed by atoms with Gasteiger partial charge < -0.3 is 0 Å². The van der Waals surface area contributed by atoms with Crippen LogP contribution in [0, 0.1) is 0 Å². The first-order chi connectivity index (χ1) is 7.83. The number of aryl methyl sites for hydroxylation is 1. The van der Waals surface area contributed by atoms with Crippen molar-refractivity contribution in [1.29, 1.82) is 0 Å². The van der Waals surface area contributed by atoms with Gasteiger partial charge in [0.15, 0.2) is 0 Å². The summed E-state index contributed by atoms with van der Waals surface area (Å²) < 4.78 is 2.10. The van der Waals surface area contributed by atoms with E-state index < -0.39 is 0 Å². The van der Waals surface area contributed by atoms with Gasteiger partial charge in [-0.05, 0) is 19.3 Å². The molecule has 0 aliphatic rings. The van der Waals surface area contributed by atoms with E-state index >= 15 is 0 Å². The third-order valence-electron chi connectivity index (χ3n) is 3.19. The summed E-state index contributed by atoms with van der Waals surface area (Å²) in [5, 5.41) is 8.26. The summed E-state index contributed by atoms with van der Waals surface area (Å²) in [5.41, 5.74) is 1.34. The number of hydrogen-bond donors (Lipinski definition) is 0. The van der Waals surface area contributed by atoms with Gasteiger partial charge in [-0.1, -0.05) is 45.2 Å². The van der Waals surface area contributed by atoms with Crippen molar-refractivity contribution in [3.05, 3.63) is 11.9 Å². The van der Waals surface area contributed by atoms with Crippen molar-refractivity contribution in [3.63, 3.8) is 0 Å². The molecule has 1 heterocycles. The lowest BCUT2D eigenvalue weighted by Crippen LogP contribution is -2.09. The third kappa shape index (κ3) is 3.62. The molecule has 0 aromatic carbocycles. The predicted octanol–water partition coefficient (Wildman–Crippen LogP) is 3.76. The van der Waals surface area contributed by atoms with Crippen molar-refractivity contribution in [2.75, 3.05) is 0 Å². The molecule has 3 nitrogen and oxygen atoms in total. The Morgan fingerprint density at radius 2 is 1.94 bits per heavy atom. The van der Waals surface area contributed by atoms with E-state index in [1.165, 1.54) is 44.2 Å². The van der Waals surface area contributed by atoms with Crippen molar-refractivity contribution in [2.45, 2.75) is 71.8 Å². The number of rotatable bonds is 8. The predicted molar refractivity (Wildman–Crippen MR) is 67.5 cm³/mol. The highest BCUT2D eigenvalue weighted by Crippen LogP contribution is 2.24. The van der Waals surface area contributed by atoms with E-state index in [9.17, 15) is 0 Å². The molecule has 0 aliphatic heterocycles. The molecule has 16 heavy (non-hydrogen) atoms. The van der Waals surface area contributed by atoms with Gasteiger partial charge in [-0.25, -0.2) is 4.68 Å². The summed E-state index contributed by atoms with van der Waals surface area (Å²) in [7, 11) is 0. The van der Waals surface area contributed by atoms with E-state index in [1.807, 2.05) is 6.20 Å². The van der Waals surface area contributed by atoms with Gasteiger partial charge in [0.05, 0.1) is 11.9 Å². The van der Waals surface area contributed by atoms with Crippen LogP contribution < -0.4 is 0 Å². The molecule has 0 saturated heterocycles. The molecule has 0 N–H and O–H groups in total.